The summed E-state index contributed by atoms with van der Waals surface area (Å²) in [5.41, 5.74) is 2.25. The molecule has 0 heterocycles. The summed E-state index contributed by atoms with van der Waals surface area (Å²) >= 11 is 0. The Morgan fingerprint density at radius 1 is 1.27 bits per heavy atom. The minimum Gasteiger partial charge on any atom is -0.390 e. The highest BCUT2D eigenvalue weighted by Gasteiger charge is 2.12. The average molecular weight is 220 g/mol. The molecule has 15 heavy (non-hydrogen) atoms. The van der Waals surface area contributed by atoms with Crippen LogP contribution in [0.15, 0.2) is 18.2 Å². The van der Waals surface area contributed by atoms with Crippen molar-refractivity contribution >= 4 is 14.7 Å². The summed E-state index contributed by atoms with van der Waals surface area (Å²) in [6, 6.07) is 7.55. The van der Waals surface area contributed by atoms with Crippen molar-refractivity contribution in [3.8, 4) is 0 Å². The summed E-state index contributed by atoms with van der Waals surface area (Å²) in [4.78, 5) is 0. The Bertz CT molecular complexity index is 326. The minimum absolute atomic E-state index is 0.523. The lowest BCUT2D eigenvalue weighted by molar-refractivity contribution is 0.0766. The molecule has 0 bridgehead atoms. The molecular formula is C13H20OSi. The third kappa shape index (κ3) is 4.18. The Morgan fingerprint density at radius 3 is 2.53 bits per heavy atom. The quantitative estimate of drug-likeness (QED) is 0.771. The van der Waals surface area contributed by atoms with E-state index in [2.05, 4.69) is 32.0 Å². The molecule has 0 aliphatic heterocycles. The largest absolute Gasteiger partial charge is 0.390 e. The molecule has 0 aromatic heterocycles. The molecule has 0 saturated heterocycles. The summed E-state index contributed by atoms with van der Waals surface area (Å²) in [6.45, 7) is 8.09. The monoisotopic (exact) mass is 220 g/mol. The Labute approximate surface area is 95.4 Å². The lowest BCUT2D eigenvalue weighted by Crippen LogP contribution is -2.23. The molecule has 0 saturated carbocycles. The van der Waals surface area contributed by atoms with E-state index in [9.17, 15) is 5.11 Å². The number of aliphatic hydroxyl groups is 1. The Kier molecular flexibility index (Phi) is 4.11. The molecule has 2 radical (unpaired) electrons. The first-order chi connectivity index (χ1) is 6.90. The molecule has 1 nitrogen and oxygen atoms in total. The summed E-state index contributed by atoms with van der Waals surface area (Å²) in [6.07, 6.45) is 0.874. The molecule has 0 aliphatic rings. The first kappa shape index (κ1) is 12.5. The van der Waals surface area contributed by atoms with Crippen LogP contribution < -0.4 is 5.19 Å². The maximum atomic E-state index is 9.62. The van der Waals surface area contributed by atoms with E-state index in [1.165, 1.54) is 16.3 Å². The van der Waals surface area contributed by atoms with Crippen LogP contribution in [0.1, 0.15) is 31.4 Å². The fraction of sp³-hybridized carbons (Fsp3) is 0.538. The van der Waals surface area contributed by atoms with Gasteiger partial charge in [0.1, 0.15) is 0 Å². The minimum atomic E-state index is -0.523. The maximum absolute atomic E-state index is 9.62. The Morgan fingerprint density at radius 2 is 1.93 bits per heavy atom. The fourth-order valence-electron chi connectivity index (χ4n) is 1.45. The van der Waals surface area contributed by atoms with Crippen molar-refractivity contribution in [2.45, 2.75) is 45.8 Å². The van der Waals surface area contributed by atoms with Crippen molar-refractivity contribution in [1.29, 1.82) is 0 Å². The topological polar surface area (TPSA) is 20.2 Å². The van der Waals surface area contributed by atoms with Crippen LogP contribution in [0.4, 0.5) is 0 Å². The van der Waals surface area contributed by atoms with Crippen molar-refractivity contribution < 1.29 is 5.11 Å². The molecule has 0 aliphatic carbocycles. The molecule has 82 valence electrons. The van der Waals surface area contributed by atoms with Gasteiger partial charge in [0, 0.05) is 0 Å². The van der Waals surface area contributed by atoms with Crippen LogP contribution in [0.2, 0.25) is 6.04 Å². The van der Waals surface area contributed by atoms with Crippen LogP contribution >= 0.6 is 0 Å². The summed E-state index contributed by atoms with van der Waals surface area (Å²) in [5, 5.41) is 11.1. The van der Waals surface area contributed by atoms with E-state index in [1.807, 2.05) is 13.8 Å². The maximum Gasteiger partial charge on any atom is 0.0812 e. The molecule has 0 atom stereocenters. The van der Waals surface area contributed by atoms with Crippen LogP contribution in [0.5, 0.6) is 0 Å². The van der Waals surface area contributed by atoms with Gasteiger partial charge < -0.3 is 5.11 Å². The third-order valence-electron chi connectivity index (χ3n) is 2.66. The van der Waals surface area contributed by atoms with Gasteiger partial charge >= 0.3 is 0 Å². The number of benzene rings is 1. The number of hydrogen-bond donors (Lipinski definition) is 1. The Balaban J connectivity index is 2.55. The van der Waals surface area contributed by atoms with Crippen LogP contribution in [0, 0.1) is 13.8 Å². The van der Waals surface area contributed by atoms with Gasteiger partial charge in [0.15, 0.2) is 0 Å². The highest BCUT2D eigenvalue weighted by Crippen LogP contribution is 2.10. The van der Waals surface area contributed by atoms with E-state index < -0.39 is 5.60 Å². The molecule has 1 aromatic carbocycles. The van der Waals surface area contributed by atoms with Gasteiger partial charge in [0.2, 0.25) is 0 Å². The zero-order valence-corrected chi connectivity index (χ0v) is 11.1. The van der Waals surface area contributed by atoms with Crippen molar-refractivity contribution in [2.75, 3.05) is 0 Å². The van der Waals surface area contributed by atoms with Crippen molar-refractivity contribution in [3.63, 3.8) is 0 Å². The summed E-state index contributed by atoms with van der Waals surface area (Å²) < 4.78 is 0. The van der Waals surface area contributed by atoms with Crippen LogP contribution in [0.3, 0.4) is 0 Å². The molecule has 0 amide bonds. The summed E-state index contributed by atoms with van der Waals surface area (Å²) in [7, 11) is 0.813. The molecule has 2 heteroatoms. The second-order valence-corrected chi connectivity index (χ2v) is 6.13. The molecule has 0 unspecified atom stereocenters. The van der Waals surface area contributed by atoms with E-state index in [0.717, 1.165) is 22.0 Å². The van der Waals surface area contributed by atoms with Crippen LogP contribution in [-0.4, -0.2) is 20.2 Å². The van der Waals surface area contributed by atoms with Crippen molar-refractivity contribution in [3.05, 3.63) is 29.3 Å². The second-order valence-electron chi connectivity index (χ2n) is 4.74. The predicted octanol–water partition coefficient (Wildman–Crippen LogP) is 2.21. The lowest BCUT2D eigenvalue weighted by atomic mass is 10.1. The molecule has 0 fully saturated rings. The van der Waals surface area contributed by atoms with Gasteiger partial charge in [-0.25, -0.2) is 0 Å². The molecule has 1 N–H and O–H groups in total. The fourth-order valence-corrected chi connectivity index (χ4v) is 3.13. The van der Waals surface area contributed by atoms with E-state index in [4.69, 9.17) is 0 Å². The second kappa shape index (κ2) is 4.95. The van der Waals surface area contributed by atoms with Gasteiger partial charge in [-0.15, -0.1) is 0 Å². The molecule has 1 aromatic rings. The zero-order chi connectivity index (χ0) is 11.5. The first-order valence-corrected chi connectivity index (χ1v) is 6.63. The zero-order valence-electron chi connectivity index (χ0n) is 10.1. The highest BCUT2D eigenvalue weighted by molar-refractivity contribution is 6.54. The standard InChI is InChI=1S/C13H20OSi/c1-10-6-5-7-12(11(10)2)15-9-8-13(3,4)14/h5-7,14H,8-9H2,1-4H3. The van der Waals surface area contributed by atoms with Crippen LogP contribution in [-0.2, 0) is 0 Å². The predicted molar refractivity (Wildman–Crippen MR) is 67.0 cm³/mol. The highest BCUT2D eigenvalue weighted by atomic mass is 28.2. The van der Waals surface area contributed by atoms with E-state index in [-0.39, 0.29) is 0 Å². The average Bonchev–Trinajstić information content (AvgIpc) is 2.10. The van der Waals surface area contributed by atoms with E-state index >= 15 is 0 Å². The van der Waals surface area contributed by atoms with Crippen molar-refractivity contribution in [2.24, 2.45) is 0 Å². The number of rotatable bonds is 4. The van der Waals surface area contributed by atoms with Gasteiger partial charge in [0.25, 0.3) is 0 Å². The number of hydrogen-bond acceptors (Lipinski definition) is 1. The first-order valence-electron chi connectivity index (χ1n) is 5.42. The van der Waals surface area contributed by atoms with Gasteiger partial charge in [-0.1, -0.05) is 29.4 Å². The smallest absolute Gasteiger partial charge is 0.0812 e. The number of aryl methyl sites for hydroxylation is 1. The molecular weight excluding hydrogens is 200 g/mol. The van der Waals surface area contributed by atoms with Crippen molar-refractivity contribution in [1.82, 2.24) is 0 Å². The SMILES string of the molecule is Cc1cccc([Si]CCC(C)(C)O)c1C. The van der Waals surface area contributed by atoms with Gasteiger partial charge in [-0.3, -0.25) is 0 Å². The van der Waals surface area contributed by atoms with Crippen LogP contribution in [0.25, 0.3) is 0 Å². The summed E-state index contributed by atoms with van der Waals surface area (Å²) in [5.74, 6) is 0. The van der Waals surface area contributed by atoms with Gasteiger partial charge in [0.05, 0.1) is 15.1 Å². The van der Waals surface area contributed by atoms with Gasteiger partial charge in [-0.2, -0.15) is 0 Å². The third-order valence-corrected chi connectivity index (χ3v) is 4.08. The Hall–Kier alpha value is -0.603. The van der Waals surface area contributed by atoms with E-state index in [1.54, 1.807) is 0 Å². The van der Waals surface area contributed by atoms with E-state index in [0.29, 0.717) is 0 Å². The lowest BCUT2D eigenvalue weighted by Gasteiger charge is -2.16. The van der Waals surface area contributed by atoms with Gasteiger partial charge in [-0.05, 0) is 45.2 Å². The molecule has 0 spiro atoms. The normalized spacial score (nSPS) is 11.8. The molecule has 1 rings (SSSR count).